The molecule has 1 atom stereocenters. The zero-order valence-electron chi connectivity index (χ0n) is 12.3. The van der Waals surface area contributed by atoms with Gasteiger partial charge >= 0.3 is 0 Å². The molecule has 114 valence electrons. The maximum absolute atomic E-state index is 13.2. The average Bonchev–Trinajstić information content (AvgIpc) is 2.56. The van der Waals surface area contributed by atoms with Crippen LogP contribution in [0, 0.1) is 17.1 Å². The zero-order chi connectivity index (χ0) is 15.9. The van der Waals surface area contributed by atoms with Crippen LogP contribution in [0.1, 0.15) is 41.0 Å². The number of aliphatic hydroxyl groups excluding tert-OH is 1. The molecule has 0 saturated heterocycles. The fourth-order valence-electron chi connectivity index (χ4n) is 2.67. The average molecular weight is 298 g/mol. The van der Waals surface area contributed by atoms with E-state index in [9.17, 15) is 9.50 Å². The molecular weight excluding hydrogens is 279 g/mol. The van der Waals surface area contributed by atoms with Crippen LogP contribution in [0.15, 0.2) is 42.5 Å². The number of rotatable bonds is 6. The van der Waals surface area contributed by atoms with Gasteiger partial charge in [0, 0.05) is 5.92 Å². The number of hydrogen-bond donors (Lipinski definition) is 2. The summed E-state index contributed by atoms with van der Waals surface area (Å²) < 4.78 is 13.2. The van der Waals surface area contributed by atoms with Crippen molar-refractivity contribution in [2.24, 2.45) is 5.73 Å². The van der Waals surface area contributed by atoms with Gasteiger partial charge in [-0.05, 0) is 60.3 Å². The van der Waals surface area contributed by atoms with Crippen LogP contribution < -0.4 is 5.73 Å². The Bertz CT molecular complexity index is 662. The second kappa shape index (κ2) is 7.69. The molecule has 0 aromatic heterocycles. The Morgan fingerprint density at radius 1 is 1.18 bits per heavy atom. The second-order valence-corrected chi connectivity index (χ2v) is 5.22. The van der Waals surface area contributed by atoms with E-state index in [0.717, 1.165) is 29.5 Å². The van der Waals surface area contributed by atoms with Crippen molar-refractivity contribution in [2.45, 2.75) is 25.4 Å². The molecule has 0 aliphatic heterocycles. The summed E-state index contributed by atoms with van der Waals surface area (Å²) in [5.74, 6) is -0.248. The van der Waals surface area contributed by atoms with E-state index in [4.69, 9.17) is 11.0 Å². The molecule has 0 radical (unpaired) electrons. The number of nitrogens with zero attached hydrogens (tertiary/aromatic N) is 1. The highest BCUT2D eigenvalue weighted by Gasteiger charge is 2.17. The van der Waals surface area contributed by atoms with E-state index < -0.39 is 0 Å². The second-order valence-electron chi connectivity index (χ2n) is 5.22. The predicted molar refractivity (Wildman–Crippen MR) is 83.6 cm³/mol. The molecule has 0 bridgehead atoms. The largest absolute Gasteiger partial charge is 0.392 e. The SMILES string of the molecule is N#Cc1ccc(C(CCCN)c2ccc(F)cc2)c(CO)c1. The summed E-state index contributed by atoms with van der Waals surface area (Å²) in [4.78, 5) is 0. The van der Waals surface area contributed by atoms with Gasteiger partial charge in [0.2, 0.25) is 0 Å². The van der Waals surface area contributed by atoms with Crippen molar-refractivity contribution in [1.82, 2.24) is 0 Å². The van der Waals surface area contributed by atoms with Gasteiger partial charge in [-0.3, -0.25) is 0 Å². The van der Waals surface area contributed by atoms with Crippen LogP contribution in [0.5, 0.6) is 0 Å². The maximum atomic E-state index is 13.2. The van der Waals surface area contributed by atoms with Crippen molar-refractivity contribution in [2.75, 3.05) is 6.54 Å². The molecule has 3 N–H and O–H groups in total. The standard InChI is InChI=1S/C18H19FN2O/c19-16-6-4-14(5-7-16)17(2-1-9-20)18-8-3-13(11-21)10-15(18)12-22/h3-8,10,17,22H,1-2,9,12,20H2. The lowest BCUT2D eigenvalue weighted by Gasteiger charge is -2.21. The fourth-order valence-corrected chi connectivity index (χ4v) is 2.67. The van der Waals surface area contributed by atoms with Crippen LogP contribution in [0.2, 0.25) is 0 Å². The van der Waals surface area contributed by atoms with E-state index in [2.05, 4.69) is 6.07 Å². The van der Waals surface area contributed by atoms with Crippen LogP contribution in [-0.4, -0.2) is 11.7 Å². The van der Waals surface area contributed by atoms with Crippen molar-refractivity contribution in [1.29, 1.82) is 5.26 Å². The minimum absolute atomic E-state index is 0.0269. The highest BCUT2D eigenvalue weighted by Crippen LogP contribution is 2.32. The molecule has 3 nitrogen and oxygen atoms in total. The summed E-state index contributed by atoms with van der Waals surface area (Å²) in [6.45, 7) is 0.438. The van der Waals surface area contributed by atoms with Crippen LogP contribution in [-0.2, 0) is 6.61 Å². The van der Waals surface area contributed by atoms with Gasteiger partial charge in [-0.15, -0.1) is 0 Å². The van der Waals surface area contributed by atoms with Gasteiger partial charge in [-0.1, -0.05) is 18.2 Å². The molecule has 0 saturated carbocycles. The van der Waals surface area contributed by atoms with Gasteiger partial charge in [0.1, 0.15) is 5.82 Å². The van der Waals surface area contributed by atoms with Crippen LogP contribution in [0.25, 0.3) is 0 Å². The first kappa shape index (κ1) is 16.2. The predicted octanol–water partition coefficient (Wildman–Crippen LogP) is 3.06. The van der Waals surface area contributed by atoms with Gasteiger partial charge in [0.25, 0.3) is 0 Å². The third kappa shape index (κ3) is 3.70. The maximum Gasteiger partial charge on any atom is 0.123 e. The highest BCUT2D eigenvalue weighted by atomic mass is 19.1. The van der Waals surface area contributed by atoms with Gasteiger partial charge < -0.3 is 10.8 Å². The van der Waals surface area contributed by atoms with Crippen LogP contribution in [0.4, 0.5) is 4.39 Å². The van der Waals surface area contributed by atoms with E-state index >= 15 is 0 Å². The van der Waals surface area contributed by atoms with Gasteiger partial charge in [0.15, 0.2) is 0 Å². The first-order valence-electron chi connectivity index (χ1n) is 7.29. The Morgan fingerprint density at radius 2 is 1.91 bits per heavy atom. The van der Waals surface area contributed by atoms with E-state index in [1.54, 1.807) is 24.3 Å². The summed E-state index contributed by atoms with van der Waals surface area (Å²) in [7, 11) is 0. The Kier molecular flexibility index (Phi) is 5.65. The Morgan fingerprint density at radius 3 is 2.50 bits per heavy atom. The molecule has 4 heteroatoms. The molecular formula is C18H19FN2O. The summed E-state index contributed by atoms with van der Waals surface area (Å²) in [5.41, 5.74) is 8.81. The summed E-state index contributed by atoms with van der Waals surface area (Å²) in [6.07, 6.45) is 1.63. The van der Waals surface area contributed by atoms with Gasteiger partial charge in [-0.2, -0.15) is 5.26 Å². The lowest BCUT2D eigenvalue weighted by atomic mass is 9.84. The number of benzene rings is 2. The number of halogens is 1. The molecule has 2 rings (SSSR count). The van der Waals surface area contributed by atoms with Crippen molar-refractivity contribution in [3.05, 3.63) is 70.5 Å². The van der Waals surface area contributed by atoms with Crippen LogP contribution in [0.3, 0.4) is 0 Å². The topological polar surface area (TPSA) is 70.0 Å². The first-order chi connectivity index (χ1) is 10.7. The minimum Gasteiger partial charge on any atom is -0.392 e. The lowest BCUT2D eigenvalue weighted by molar-refractivity contribution is 0.280. The quantitative estimate of drug-likeness (QED) is 0.861. The molecule has 1 unspecified atom stereocenters. The summed E-state index contributed by atoms with van der Waals surface area (Å²) in [5, 5.41) is 18.6. The van der Waals surface area contributed by atoms with Crippen molar-refractivity contribution in [3.8, 4) is 6.07 Å². The number of aliphatic hydroxyl groups is 1. The van der Waals surface area contributed by atoms with Crippen molar-refractivity contribution < 1.29 is 9.50 Å². The van der Waals surface area contributed by atoms with Crippen LogP contribution >= 0.6 is 0 Å². The number of hydrogen-bond acceptors (Lipinski definition) is 3. The van der Waals surface area contributed by atoms with E-state index in [1.165, 1.54) is 12.1 Å². The molecule has 2 aromatic rings. The molecule has 0 heterocycles. The Balaban J connectivity index is 2.45. The Hall–Kier alpha value is -2.22. The van der Waals surface area contributed by atoms with E-state index in [0.29, 0.717) is 12.1 Å². The number of nitrogens with two attached hydrogens (primary N) is 1. The highest BCUT2D eigenvalue weighted by molar-refractivity contribution is 5.43. The van der Waals surface area contributed by atoms with E-state index in [-0.39, 0.29) is 18.3 Å². The smallest absolute Gasteiger partial charge is 0.123 e. The molecule has 22 heavy (non-hydrogen) atoms. The fraction of sp³-hybridized carbons (Fsp3) is 0.278. The molecule has 0 amide bonds. The first-order valence-corrected chi connectivity index (χ1v) is 7.29. The summed E-state index contributed by atoms with van der Waals surface area (Å²) >= 11 is 0. The van der Waals surface area contributed by atoms with Gasteiger partial charge in [-0.25, -0.2) is 4.39 Å². The summed E-state index contributed by atoms with van der Waals surface area (Å²) in [6, 6.07) is 13.8. The minimum atomic E-state index is -0.275. The molecule has 0 spiro atoms. The molecule has 2 aromatic carbocycles. The van der Waals surface area contributed by atoms with Crippen molar-refractivity contribution in [3.63, 3.8) is 0 Å². The zero-order valence-corrected chi connectivity index (χ0v) is 12.3. The van der Waals surface area contributed by atoms with E-state index in [1.807, 2.05) is 6.07 Å². The lowest BCUT2D eigenvalue weighted by Crippen LogP contribution is -2.09. The Labute approximate surface area is 129 Å². The molecule has 0 aliphatic rings. The third-order valence-electron chi connectivity index (χ3n) is 3.79. The van der Waals surface area contributed by atoms with Gasteiger partial charge in [0.05, 0.1) is 18.2 Å². The number of nitriles is 1. The molecule has 0 aliphatic carbocycles. The van der Waals surface area contributed by atoms with Crippen molar-refractivity contribution >= 4 is 0 Å². The third-order valence-corrected chi connectivity index (χ3v) is 3.79. The normalized spacial score (nSPS) is 11.9. The monoisotopic (exact) mass is 298 g/mol. The molecule has 0 fully saturated rings.